The van der Waals surface area contributed by atoms with Crippen LogP contribution in [-0.4, -0.2) is 54.1 Å². The van der Waals surface area contributed by atoms with Crippen LogP contribution in [0.2, 0.25) is 0 Å². The predicted molar refractivity (Wildman–Crippen MR) is 108 cm³/mol. The van der Waals surface area contributed by atoms with E-state index in [0.717, 1.165) is 44.0 Å². The molecule has 0 saturated carbocycles. The summed E-state index contributed by atoms with van der Waals surface area (Å²) in [6, 6.07) is 17.3. The highest BCUT2D eigenvalue weighted by atomic mass is 32.2. The Bertz CT molecular complexity index is 776. The predicted octanol–water partition coefficient (Wildman–Crippen LogP) is 2.37. The van der Waals surface area contributed by atoms with Crippen molar-refractivity contribution in [1.82, 2.24) is 10.2 Å². The first-order valence-electron chi connectivity index (χ1n) is 9.16. The Morgan fingerprint density at radius 3 is 2.59 bits per heavy atom. The summed E-state index contributed by atoms with van der Waals surface area (Å²) in [6.45, 7) is 3.95. The largest absolute Gasteiger partial charge is 0.379 e. The van der Waals surface area contributed by atoms with Crippen LogP contribution in [0.15, 0.2) is 54.6 Å². The van der Waals surface area contributed by atoms with Crippen LogP contribution in [0.1, 0.15) is 27.5 Å². The first kappa shape index (κ1) is 19.7. The molecule has 3 rings (SSSR count). The molecular weight excluding hydrogens is 360 g/mol. The van der Waals surface area contributed by atoms with Gasteiger partial charge in [0.1, 0.15) is 0 Å². The molecule has 1 saturated heterocycles. The van der Waals surface area contributed by atoms with Crippen LogP contribution in [0.5, 0.6) is 0 Å². The molecule has 0 bridgehead atoms. The number of hydrogen-bond acceptors (Lipinski definition) is 4. The minimum atomic E-state index is -0.934. The summed E-state index contributed by atoms with van der Waals surface area (Å²) >= 11 is 0. The molecule has 6 heteroatoms. The molecule has 0 radical (unpaired) electrons. The summed E-state index contributed by atoms with van der Waals surface area (Å²) in [6.07, 6.45) is 1.67. The Morgan fingerprint density at radius 1 is 1.15 bits per heavy atom. The van der Waals surface area contributed by atoms with Crippen molar-refractivity contribution in [3.8, 4) is 0 Å². The molecule has 2 atom stereocenters. The maximum absolute atomic E-state index is 12.9. The molecule has 1 aliphatic rings. The van der Waals surface area contributed by atoms with E-state index in [-0.39, 0.29) is 11.9 Å². The van der Waals surface area contributed by atoms with Crippen molar-refractivity contribution in [3.63, 3.8) is 0 Å². The van der Waals surface area contributed by atoms with Crippen molar-refractivity contribution in [1.29, 1.82) is 0 Å². The van der Waals surface area contributed by atoms with Crippen molar-refractivity contribution in [2.45, 2.75) is 11.8 Å². The third-order valence-corrected chi connectivity index (χ3v) is 5.35. The zero-order valence-electron chi connectivity index (χ0n) is 15.6. The number of carbonyl (C=O) groups excluding carboxylic acids is 1. The maximum atomic E-state index is 12.9. The van der Waals surface area contributed by atoms with E-state index in [9.17, 15) is 9.00 Å². The Hall–Kier alpha value is -2.02. The van der Waals surface area contributed by atoms with E-state index in [1.807, 2.05) is 48.5 Å². The monoisotopic (exact) mass is 386 g/mol. The first-order chi connectivity index (χ1) is 13.1. The molecule has 1 aliphatic heterocycles. The smallest absolute Gasteiger partial charge is 0.251 e. The van der Waals surface area contributed by atoms with Crippen molar-refractivity contribution < 1.29 is 13.7 Å². The van der Waals surface area contributed by atoms with E-state index >= 15 is 0 Å². The Labute approximate surface area is 163 Å². The first-order valence-corrected chi connectivity index (χ1v) is 10.9. The fourth-order valence-electron chi connectivity index (χ4n) is 3.24. The molecule has 2 unspecified atom stereocenters. The Morgan fingerprint density at radius 2 is 1.89 bits per heavy atom. The third-order valence-electron chi connectivity index (χ3n) is 4.61. The summed E-state index contributed by atoms with van der Waals surface area (Å²) < 4.78 is 16.9. The van der Waals surface area contributed by atoms with Crippen LogP contribution in [0, 0.1) is 0 Å². The van der Waals surface area contributed by atoms with Crippen LogP contribution in [-0.2, 0) is 21.3 Å². The molecule has 5 nitrogen and oxygen atoms in total. The van der Waals surface area contributed by atoms with Gasteiger partial charge in [-0.2, -0.15) is 0 Å². The highest BCUT2D eigenvalue weighted by Crippen LogP contribution is 2.17. The average Bonchev–Trinajstić information content (AvgIpc) is 2.68. The highest BCUT2D eigenvalue weighted by Gasteiger charge is 2.20. The molecule has 0 aromatic heterocycles. The number of morpholine rings is 1. The molecule has 2 aromatic carbocycles. The van der Waals surface area contributed by atoms with Crippen molar-refractivity contribution >= 4 is 16.7 Å². The van der Waals surface area contributed by atoms with Crippen molar-refractivity contribution in [2.75, 3.05) is 39.1 Å². The minimum absolute atomic E-state index is 0.0965. The second-order valence-electron chi connectivity index (χ2n) is 6.77. The molecule has 1 N–H and O–H groups in total. The molecule has 1 fully saturated rings. The second kappa shape index (κ2) is 9.78. The fraction of sp³-hybridized carbons (Fsp3) is 0.381. The van der Waals surface area contributed by atoms with Gasteiger partial charge in [-0.3, -0.25) is 13.9 Å². The van der Waals surface area contributed by atoms with Crippen LogP contribution >= 0.6 is 0 Å². The van der Waals surface area contributed by atoms with E-state index in [0.29, 0.717) is 11.3 Å². The number of hydrogen-bond donors (Lipinski definition) is 1. The Balaban J connectivity index is 1.74. The zero-order valence-corrected chi connectivity index (χ0v) is 16.4. The van der Waals surface area contributed by atoms with Gasteiger partial charge in [-0.15, -0.1) is 0 Å². The van der Waals surface area contributed by atoms with Gasteiger partial charge in [0.2, 0.25) is 0 Å². The van der Waals surface area contributed by atoms with E-state index in [2.05, 4.69) is 10.2 Å². The molecule has 0 spiro atoms. The van der Waals surface area contributed by atoms with Gasteiger partial charge in [-0.1, -0.05) is 42.5 Å². The van der Waals surface area contributed by atoms with E-state index < -0.39 is 10.8 Å². The molecule has 144 valence electrons. The molecule has 1 heterocycles. The topological polar surface area (TPSA) is 58.6 Å². The summed E-state index contributed by atoms with van der Waals surface area (Å²) in [5.41, 5.74) is 2.59. The van der Waals surface area contributed by atoms with Gasteiger partial charge in [0.05, 0.1) is 19.3 Å². The minimum Gasteiger partial charge on any atom is -0.379 e. The number of amides is 1. The second-order valence-corrected chi connectivity index (χ2v) is 8.20. The van der Waals surface area contributed by atoms with E-state index in [1.54, 1.807) is 12.3 Å². The Kier molecular flexibility index (Phi) is 7.15. The summed E-state index contributed by atoms with van der Waals surface area (Å²) in [5.74, 6) is 0.345. The van der Waals surface area contributed by atoms with E-state index in [1.165, 1.54) is 0 Å². The number of carbonyl (C=O) groups is 1. The van der Waals surface area contributed by atoms with Crippen molar-refractivity contribution in [2.24, 2.45) is 0 Å². The lowest BCUT2D eigenvalue weighted by Crippen LogP contribution is -2.43. The number of ether oxygens (including phenoxy) is 1. The fourth-order valence-corrected chi connectivity index (χ4v) is 3.89. The van der Waals surface area contributed by atoms with Gasteiger partial charge in [-0.05, 0) is 23.3 Å². The molecular formula is C21H26N2O3S. The quantitative estimate of drug-likeness (QED) is 0.794. The van der Waals surface area contributed by atoms with Gasteiger partial charge < -0.3 is 10.1 Å². The molecule has 27 heavy (non-hydrogen) atoms. The SMILES string of the molecule is CS(=O)Cc1cccc(C(=O)NC(CN2CCOCC2)c2ccccc2)c1. The van der Waals surface area contributed by atoms with Crippen molar-refractivity contribution in [3.05, 3.63) is 71.3 Å². The lowest BCUT2D eigenvalue weighted by Gasteiger charge is -2.31. The third kappa shape index (κ3) is 5.99. The van der Waals surface area contributed by atoms with Gasteiger partial charge in [0, 0.05) is 48.0 Å². The summed E-state index contributed by atoms with van der Waals surface area (Å²) in [7, 11) is -0.934. The number of benzene rings is 2. The normalized spacial score (nSPS) is 17.2. The lowest BCUT2D eigenvalue weighted by atomic mass is 10.0. The van der Waals surface area contributed by atoms with Crippen LogP contribution < -0.4 is 5.32 Å². The van der Waals surface area contributed by atoms with Gasteiger partial charge in [0.25, 0.3) is 5.91 Å². The van der Waals surface area contributed by atoms with Gasteiger partial charge in [0.15, 0.2) is 0 Å². The molecule has 0 aliphatic carbocycles. The van der Waals surface area contributed by atoms with Crippen LogP contribution in [0.3, 0.4) is 0 Å². The number of rotatable bonds is 7. The average molecular weight is 387 g/mol. The van der Waals surface area contributed by atoms with Gasteiger partial charge >= 0.3 is 0 Å². The van der Waals surface area contributed by atoms with Crippen LogP contribution in [0.25, 0.3) is 0 Å². The number of nitrogens with one attached hydrogen (secondary N) is 1. The zero-order chi connectivity index (χ0) is 19.1. The summed E-state index contributed by atoms with van der Waals surface area (Å²) in [4.78, 5) is 15.2. The highest BCUT2D eigenvalue weighted by molar-refractivity contribution is 7.83. The van der Waals surface area contributed by atoms with E-state index in [4.69, 9.17) is 4.74 Å². The van der Waals surface area contributed by atoms with Crippen LogP contribution in [0.4, 0.5) is 0 Å². The lowest BCUT2D eigenvalue weighted by molar-refractivity contribution is 0.0332. The van der Waals surface area contributed by atoms with Gasteiger partial charge in [-0.25, -0.2) is 0 Å². The number of nitrogens with zero attached hydrogens (tertiary/aromatic N) is 1. The maximum Gasteiger partial charge on any atom is 0.251 e. The summed E-state index contributed by atoms with van der Waals surface area (Å²) in [5, 5.41) is 3.18. The molecule has 2 aromatic rings. The molecule has 1 amide bonds. The standard InChI is InChI=1S/C21H26N2O3S/c1-27(25)16-17-6-5-9-19(14-17)21(24)22-20(18-7-3-2-4-8-18)15-23-10-12-26-13-11-23/h2-9,14,20H,10-13,15-16H2,1H3,(H,22,24).